The van der Waals surface area contributed by atoms with Gasteiger partial charge in [0.1, 0.15) is 5.82 Å². The molecule has 3 N–H and O–H groups in total. The fourth-order valence-corrected chi connectivity index (χ4v) is 1.90. The Balaban J connectivity index is 2.52. The van der Waals surface area contributed by atoms with Crippen molar-refractivity contribution in [2.45, 2.75) is 12.0 Å². The molecule has 18 heavy (non-hydrogen) atoms. The second kappa shape index (κ2) is 4.10. The molecule has 0 saturated carbocycles. The third-order valence-electron chi connectivity index (χ3n) is 2.68. The largest absolute Gasteiger partial charge is 0.481 e. The summed E-state index contributed by atoms with van der Waals surface area (Å²) in [6, 6.07) is 4.11. The lowest BCUT2D eigenvalue weighted by Crippen LogP contribution is -2.45. The minimum atomic E-state index is -1.76. The quantitative estimate of drug-likeness (QED) is 0.676. The number of imide groups is 1. The van der Waals surface area contributed by atoms with E-state index in [0.717, 1.165) is 12.1 Å². The van der Waals surface area contributed by atoms with Crippen molar-refractivity contribution >= 4 is 17.9 Å². The number of nitrogens with one attached hydrogen (secondary N) is 2. The molecule has 1 aromatic rings. The first kappa shape index (κ1) is 12.0. The monoisotopic (exact) mass is 252 g/mol. The van der Waals surface area contributed by atoms with Crippen molar-refractivity contribution in [3.63, 3.8) is 0 Å². The van der Waals surface area contributed by atoms with Crippen molar-refractivity contribution in [1.82, 2.24) is 10.6 Å². The van der Waals surface area contributed by atoms with Gasteiger partial charge >= 0.3 is 12.0 Å². The molecule has 0 spiro atoms. The molecule has 1 heterocycles. The highest BCUT2D eigenvalue weighted by molar-refractivity contribution is 6.08. The van der Waals surface area contributed by atoms with Crippen LogP contribution in [0.15, 0.2) is 24.3 Å². The SMILES string of the molecule is O=C(O)CC1(c2cccc(F)c2)NC(=O)NC1=O. The van der Waals surface area contributed by atoms with E-state index in [2.05, 4.69) is 5.32 Å². The third-order valence-corrected chi connectivity index (χ3v) is 2.68. The number of halogens is 1. The minimum Gasteiger partial charge on any atom is -0.481 e. The number of carboxylic acid groups (broad SMARTS) is 1. The van der Waals surface area contributed by atoms with E-state index in [9.17, 15) is 18.8 Å². The molecule has 0 bridgehead atoms. The molecule has 1 unspecified atom stereocenters. The van der Waals surface area contributed by atoms with Crippen molar-refractivity contribution < 1.29 is 23.9 Å². The van der Waals surface area contributed by atoms with Gasteiger partial charge in [0.25, 0.3) is 5.91 Å². The number of urea groups is 1. The Labute approximate surface area is 101 Å². The molecule has 0 radical (unpaired) electrons. The first-order valence-corrected chi connectivity index (χ1v) is 5.05. The first-order chi connectivity index (χ1) is 8.44. The van der Waals surface area contributed by atoms with Gasteiger partial charge in [0.2, 0.25) is 0 Å². The maximum atomic E-state index is 13.2. The molecule has 7 heteroatoms. The summed E-state index contributed by atoms with van der Waals surface area (Å²) >= 11 is 0. The van der Waals surface area contributed by atoms with Crippen LogP contribution in [-0.2, 0) is 15.1 Å². The average Bonchev–Trinajstić information content (AvgIpc) is 2.53. The van der Waals surface area contributed by atoms with Crippen LogP contribution >= 0.6 is 0 Å². The van der Waals surface area contributed by atoms with E-state index in [0.29, 0.717) is 0 Å². The summed E-state index contributed by atoms with van der Waals surface area (Å²) < 4.78 is 13.2. The van der Waals surface area contributed by atoms with Gasteiger partial charge in [-0.1, -0.05) is 12.1 Å². The van der Waals surface area contributed by atoms with E-state index >= 15 is 0 Å². The zero-order chi connectivity index (χ0) is 13.3. The van der Waals surface area contributed by atoms with E-state index in [4.69, 9.17) is 5.11 Å². The lowest BCUT2D eigenvalue weighted by Gasteiger charge is -2.24. The van der Waals surface area contributed by atoms with Gasteiger partial charge in [-0.2, -0.15) is 0 Å². The number of carboxylic acids is 1. The fraction of sp³-hybridized carbons (Fsp3) is 0.182. The average molecular weight is 252 g/mol. The molecule has 2 rings (SSSR count). The Morgan fingerprint density at radius 2 is 2.11 bits per heavy atom. The summed E-state index contributed by atoms with van der Waals surface area (Å²) in [6.07, 6.45) is -0.659. The Hall–Kier alpha value is -2.44. The Bertz CT molecular complexity index is 546. The molecular formula is C11H9FN2O4. The standard InChI is InChI=1S/C11H9FN2O4/c12-7-3-1-2-6(4-7)11(5-8(15)16)9(17)13-10(18)14-11/h1-4H,5H2,(H,15,16)(H2,13,14,17,18). The summed E-state index contributed by atoms with van der Waals surface area (Å²) in [6.45, 7) is 0. The summed E-state index contributed by atoms with van der Waals surface area (Å²) in [5, 5.41) is 13.0. The number of hydrogen-bond acceptors (Lipinski definition) is 3. The second-order valence-electron chi connectivity index (χ2n) is 3.89. The predicted molar refractivity (Wildman–Crippen MR) is 57.0 cm³/mol. The molecule has 1 fully saturated rings. The highest BCUT2D eigenvalue weighted by atomic mass is 19.1. The van der Waals surface area contributed by atoms with Crippen molar-refractivity contribution in [1.29, 1.82) is 0 Å². The van der Waals surface area contributed by atoms with Crippen LogP contribution in [0.4, 0.5) is 9.18 Å². The van der Waals surface area contributed by atoms with Gasteiger partial charge < -0.3 is 10.4 Å². The molecule has 1 aromatic carbocycles. The number of carbonyl (C=O) groups excluding carboxylic acids is 2. The van der Waals surface area contributed by atoms with Gasteiger partial charge in [-0.05, 0) is 17.7 Å². The number of rotatable bonds is 3. The molecule has 1 aliphatic rings. The summed E-state index contributed by atoms with van der Waals surface area (Å²) in [5.74, 6) is -2.71. The van der Waals surface area contributed by atoms with Crippen LogP contribution in [-0.4, -0.2) is 23.0 Å². The number of hydrogen-bond donors (Lipinski definition) is 3. The van der Waals surface area contributed by atoms with Crippen molar-refractivity contribution in [2.75, 3.05) is 0 Å². The van der Waals surface area contributed by atoms with Crippen LogP contribution in [0.25, 0.3) is 0 Å². The van der Waals surface area contributed by atoms with Gasteiger partial charge in [0, 0.05) is 0 Å². The fourth-order valence-electron chi connectivity index (χ4n) is 1.90. The minimum absolute atomic E-state index is 0.0910. The Kier molecular flexibility index (Phi) is 2.74. The maximum absolute atomic E-state index is 13.2. The van der Waals surface area contributed by atoms with Gasteiger partial charge in [0.05, 0.1) is 6.42 Å². The number of aliphatic carboxylic acids is 1. The molecular weight excluding hydrogens is 243 g/mol. The lowest BCUT2D eigenvalue weighted by molar-refractivity contribution is -0.141. The van der Waals surface area contributed by atoms with Crippen molar-refractivity contribution in [2.24, 2.45) is 0 Å². The summed E-state index contributed by atoms with van der Waals surface area (Å²) in [4.78, 5) is 33.8. The van der Waals surface area contributed by atoms with Crippen molar-refractivity contribution in [3.8, 4) is 0 Å². The van der Waals surface area contributed by atoms with Crippen LogP contribution in [0.3, 0.4) is 0 Å². The smallest absolute Gasteiger partial charge is 0.322 e. The van der Waals surface area contributed by atoms with E-state index in [-0.39, 0.29) is 5.56 Å². The molecule has 94 valence electrons. The van der Waals surface area contributed by atoms with Gasteiger partial charge in [-0.25, -0.2) is 9.18 Å². The predicted octanol–water partition coefficient (Wildman–Crippen LogP) is 0.335. The van der Waals surface area contributed by atoms with E-state index in [1.807, 2.05) is 5.32 Å². The summed E-state index contributed by atoms with van der Waals surface area (Å²) in [5.41, 5.74) is -1.67. The number of amides is 3. The first-order valence-electron chi connectivity index (χ1n) is 5.05. The number of carbonyl (C=O) groups is 3. The highest BCUT2D eigenvalue weighted by Crippen LogP contribution is 2.29. The maximum Gasteiger partial charge on any atom is 0.322 e. The van der Waals surface area contributed by atoms with Crippen LogP contribution in [0.1, 0.15) is 12.0 Å². The topological polar surface area (TPSA) is 95.5 Å². The van der Waals surface area contributed by atoms with Crippen LogP contribution < -0.4 is 10.6 Å². The number of benzene rings is 1. The zero-order valence-corrected chi connectivity index (χ0v) is 9.07. The zero-order valence-electron chi connectivity index (χ0n) is 9.07. The molecule has 0 aromatic heterocycles. The Morgan fingerprint density at radius 3 is 2.61 bits per heavy atom. The molecule has 1 atom stereocenters. The normalized spacial score (nSPS) is 22.5. The van der Waals surface area contributed by atoms with Gasteiger partial charge in [-0.15, -0.1) is 0 Å². The molecule has 1 saturated heterocycles. The van der Waals surface area contributed by atoms with E-state index in [1.54, 1.807) is 0 Å². The molecule has 6 nitrogen and oxygen atoms in total. The highest BCUT2D eigenvalue weighted by Gasteiger charge is 2.49. The molecule has 3 amide bonds. The van der Waals surface area contributed by atoms with Gasteiger partial charge in [-0.3, -0.25) is 14.9 Å². The summed E-state index contributed by atoms with van der Waals surface area (Å²) in [7, 11) is 0. The molecule has 1 aliphatic heterocycles. The van der Waals surface area contributed by atoms with Crippen LogP contribution in [0, 0.1) is 5.82 Å². The van der Waals surface area contributed by atoms with Gasteiger partial charge in [0.15, 0.2) is 5.54 Å². The molecule has 0 aliphatic carbocycles. The van der Waals surface area contributed by atoms with Crippen LogP contribution in [0.5, 0.6) is 0 Å². The Morgan fingerprint density at radius 1 is 1.39 bits per heavy atom. The third kappa shape index (κ3) is 1.90. The lowest BCUT2D eigenvalue weighted by atomic mass is 9.86. The van der Waals surface area contributed by atoms with E-state index < -0.39 is 35.7 Å². The van der Waals surface area contributed by atoms with Crippen LogP contribution in [0.2, 0.25) is 0 Å². The van der Waals surface area contributed by atoms with Crippen molar-refractivity contribution in [3.05, 3.63) is 35.6 Å². The second-order valence-corrected chi connectivity index (χ2v) is 3.89. The van der Waals surface area contributed by atoms with E-state index in [1.165, 1.54) is 12.1 Å².